The van der Waals surface area contributed by atoms with Crippen molar-refractivity contribution in [2.75, 3.05) is 0 Å². The summed E-state index contributed by atoms with van der Waals surface area (Å²) in [5.41, 5.74) is -0.519. The van der Waals surface area contributed by atoms with Crippen LogP contribution in [0.3, 0.4) is 0 Å². The van der Waals surface area contributed by atoms with Crippen LogP contribution in [-0.2, 0) is 4.74 Å². The highest BCUT2D eigenvalue weighted by Crippen LogP contribution is 2.12. The summed E-state index contributed by atoms with van der Waals surface area (Å²) in [5, 5.41) is 2.63. The number of amides is 1. The van der Waals surface area contributed by atoms with Gasteiger partial charge in [-0.25, -0.2) is 4.79 Å². The lowest BCUT2D eigenvalue weighted by atomic mass is 10.2. The molecule has 0 saturated carbocycles. The minimum atomic E-state index is -0.519. The van der Waals surface area contributed by atoms with Crippen molar-refractivity contribution in [3.8, 4) is 5.75 Å². The highest BCUT2D eigenvalue weighted by atomic mass is 16.6. The maximum atomic E-state index is 11.6. The van der Waals surface area contributed by atoms with Crippen LogP contribution in [0.2, 0.25) is 0 Å². The fourth-order valence-corrected chi connectivity index (χ4v) is 1.25. The summed E-state index contributed by atoms with van der Waals surface area (Å²) in [5.74, 6) is 0.691. The molecular weight excluding hydrogens is 230 g/mol. The lowest BCUT2D eigenvalue weighted by Gasteiger charge is -2.23. The van der Waals surface area contributed by atoms with Crippen molar-refractivity contribution in [2.24, 2.45) is 0 Å². The number of benzene rings is 1. The van der Waals surface area contributed by atoms with E-state index in [1.807, 2.05) is 58.0 Å². The Balaban J connectivity index is 2.50. The van der Waals surface area contributed by atoms with Gasteiger partial charge in [0.25, 0.3) is 0 Å². The molecule has 1 amide bonds. The van der Waals surface area contributed by atoms with Crippen molar-refractivity contribution in [1.82, 2.24) is 5.32 Å². The van der Waals surface area contributed by atoms with Crippen LogP contribution in [0, 0.1) is 6.42 Å². The predicted octanol–water partition coefficient (Wildman–Crippen LogP) is 3.14. The zero-order valence-electron chi connectivity index (χ0n) is 11.3. The Bertz CT molecular complexity index is 370. The van der Waals surface area contributed by atoms with Crippen molar-refractivity contribution in [3.05, 3.63) is 36.8 Å². The van der Waals surface area contributed by atoms with E-state index in [4.69, 9.17) is 9.47 Å². The van der Waals surface area contributed by atoms with Gasteiger partial charge >= 0.3 is 6.09 Å². The molecule has 0 aliphatic heterocycles. The van der Waals surface area contributed by atoms with E-state index in [0.717, 1.165) is 0 Å². The largest absolute Gasteiger partial charge is 0.470 e. The van der Waals surface area contributed by atoms with Gasteiger partial charge in [0.1, 0.15) is 11.4 Å². The quantitative estimate of drug-likeness (QED) is 0.835. The summed E-state index contributed by atoms with van der Waals surface area (Å²) in [4.78, 5) is 11.6. The lowest BCUT2D eigenvalue weighted by molar-refractivity contribution is 0.0426. The van der Waals surface area contributed by atoms with Crippen molar-refractivity contribution < 1.29 is 14.3 Å². The molecule has 1 unspecified atom stereocenters. The first-order chi connectivity index (χ1) is 8.40. The Labute approximate surface area is 108 Å². The number of nitrogens with one attached hydrogen (secondary N) is 1. The van der Waals surface area contributed by atoms with Gasteiger partial charge in [-0.15, -0.1) is 0 Å². The molecular formula is C14H20NO3. The summed E-state index contributed by atoms with van der Waals surface area (Å²) in [6.45, 7) is 7.25. The van der Waals surface area contributed by atoms with Crippen LogP contribution in [0.25, 0.3) is 0 Å². The SMILES string of the molecule is C[CH]C(NC(=O)OC(C)(C)C)Oc1ccccc1. The van der Waals surface area contributed by atoms with E-state index >= 15 is 0 Å². The molecule has 1 aromatic rings. The maximum absolute atomic E-state index is 11.6. The van der Waals surface area contributed by atoms with Crippen molar-refractivity contribution >= 4 is 6.09 Å². The van der Waals surface area contributed by atoms with E-state index < -0.39 is 17.9 Å². The molecule has 0 heterocycles. The lowest BCUT2D eigenvalue weighted by Crippen LogP contribution is -2.42. The molecule has 0 spiro atoms. The number of carbonyl (C=O) groups excluding carboxylic acids is 1. The van der Waals surface area contributed by atoms with E-state index in [1.165, 1.54) is 0 Å². The van der Waals surface area contributed by atoms with Crippen LogP contribution in [0.4, 0.5) is 4.79 Å². The molecule has 1 radical (unpaired) electrons. The molecule has 1 atom stereocenters. The van der Waals surface area contributed by atoms with Crippen molar-refractivity contribution in [3.63, 3.8) is 0 Å². The normalized spacial score (nSPS) is 12.7. The van der Waals surface area contributed by atoms with Gasteiger partial charge in [-0.2, -0.15) is 0 Å². The van der Waals surface area contributed by atoms with Crippen LogP contribution in [0.1, 0.15) is 27.7 Å². The fraction of sp³-hybridized carbons (Fsp3) is 0.429. The fourth-order valence-electron chi connectivity index (χ4n) is 1.25. The predicted molar refractivity (Wildman–Crippen MR) is 70.2 cm³/mol. The molecule has 18 heavy (non-hydrogen) atoms. The number of para-hydroxylation sites is 1. The third-order valence-electron chi connectivity index (χ3n) is 1.97. The highest BCUT2D eigenvalue weighted by Gasteiger charge is 2.19. The third-order valence-corrected chi connectivity index (χ3v) is 1.97. The third kappa shape index (κ3) is 5.57. The van der Waals surface area contributed by atoms with Gasteiger partial charge < -0.3 is 9.47 Å². The van der Waals surface area contributed by atoms with Crippen molar-refractivity contribution in [1.29, 1.82) is 0 Å². The average Bonchev–Trinajstić information content (AvgIpc) is 2.27. The molecule has 0 aromatic heterocycles. The van der Waals surface area contributed by atoms with Gasteiger partial charge in [0.15, 0.2) is 6.23 Å². The van der Waals surface area contributed by atoms with Gasteiger partial charge in [-0.3, -0.25) is 5.32 Å². The number of alkyl carbamates (subject to hydrolysis) is 1. The Morgan fingerprint density at radius 3 is 2.39 bits per heavy atom. The van der Waals surface area contributed by atoms with E-state index in [1.54, 1.807) is 6.42 Å². The number of rotatable bonds is 4. The zero-order valence-corrected chi connectivity index (χ0v) is 11.3. The Morgan fingerprint density at radius 2 is 1.89 bits per heavy atom. The Hall–Kier alpha value is -1.71. The average molecular weight is 250 g/mol. The van der Waals surface area contributed by atoms with Crippen LogP contribution >= 0.6 is 0 Å². The van der Waals surface area contributed by atoms with E-state index in [2.05, 4.69) is 5.32 Å². The first-order valence-corrected chi connectivity index (χ1v) is 5.91. The molecule has 4 heteroatoms. The van der Waals surface area contributed by atoms with Gasteiger partial charge in [0.05, 0.1) is 0 Å². The number of carbonyl (C=O) groups is 1. The molecule has 4 nitrogen and oxygen atoms in total. The second kappa shape index (κ2) is 6.28. The standard InChI is InChI=1S/C14H20NO3/c1-5-12(15-13(16)18-14(2,3)4)17-11-9-7-6-8-10-11/h5-10,12H,1-4H3,(H,15,16). The Kier molecular flexibility index (Phi) is 5.01. The molecule has 0 fully saturated rings. The highest BCUT2D eigenvalue weighted by molar-refractivity contribution is 5.68. The molecule has 0 aliphatic rings. The smallest absolute Gasteiger partial charge is 0.410 e. The molecule has 1 N–H and O–H groups in total. The molecule has 0 aliphatic carbocycles. The van der Waals surface area contributed by atoms with E-state index in [-0.39, 0.29) is 0 Å². The van der Waals surface area contributed by atoms with Crippen LogP contribution in [-0.4, -0.2) is 17.9 Å². The van der Waals surface area contributed by atoms with Crippen molar-refractivity contribution in [2.45, 2.75) is 39.5 Å². The number of ether oxygens (including phenoxy) is 2. The minimum absolute atomic E-state index is 0.499. The summed E-state index contributed by atoms with van der Waals surface area (Å²) in [6.07, 6.45) is 0.737. The van der Waals surface area contributed by atoms with Gasteiger partial charge in [-0.1, -0.05) is 25.1 Å². The van der Waals surface area contributed by atoms with Crippen LogP contribution in [0.5, 0.6) is 5.75 Å². The number of hydrogen-bond donors (Lipinski definition) is 1. The second-order valence-electron chi connectivity index (χ2n) is 4.83. The Morgan fingerprint density at radius 1 is 1.28 bits per heavy atom. The second-order valence-corrected chi connectivity index (χ2v) is 4.83. The molecule has 99 valence electrons. The van der Waals surface area contributed by atoms with Crippen LogP contribution in [0.15, 0.2) is 30.3 Å². The maximum Gasteiger partial charge on any atom is 0.410 e. The van der Waals surface area contributed by atoms with Gasteiger partial charge in [0, 0.05) is 6.42 Å². The van der Waals surface area contributed by atoms with E-state index in [0.29, 0.717) is 5.75 Å². The van der Waals surface area contributed by atoms with Gasteiger partial charge in [-0.05, 0) is 32.9 Å². The first-order valence-electron chi connectivity index (χ1n) is 5.91. The minimum Gasteiger partial charge on any atom is -0.470 e. The first kappa shape index (κ1) is 14.4. The summed E-state index contributed by atoms with van der Waals surface area (Å²) in [7, 11) is 0. The van der Waals surface area contributed by atoms with Gasteiger partial charge in [0.2, 0.25) is 0 Å². The zero-order chi connectivity index (χ0) is 13.6. The topological polar surface area (TPSA) is 47.6 Å². The summed E-state index contributed by atoms with van der Waals surface area (Å²) < 4.78 is 10.7. The summed E-state index contributed by atoms with van der Waals surface area (Å²) in [6, 6.07) is 9.30. The molecule has 1 aromatic carbocycles. The summed E-state index contributed by atoms with van der Waals surface area (Å²) >= 11 is 0. The van der Waals surface area contributed by atoms with E-state index in [9.17, 15) is 4.79 Å². The van der Waals surface area contributed by atoms with Crippen LogP contribution < -0.4 is 10.1 Å². The monoisotopic (exact) mass is 250 g/mol. The number of hydrogen-bond acceptors (Lipinski definition) is 3. The molecule has 0 saturated heterocycles. The molecule has 1 rings (SSSR count). The molecule has 0 bridgehead atoms.